The highest BCUT2D eigenvalue weighted by Gasteiger charge is 1.96. The van der Waals surface area contributed by atoms with Gasteiger partial charge in [0.2, 0.25) is 0 Å². The van der Waals surface area contributed by atoms with E-state index >= 15 is 0 Å². The van der Waals surface area contributed by atoms with Gasteiger partial charge in [0.1, 0.15) is 0 Å². The van der Waals surface area contributed by atoms with Crippen molar-refractivity contribution in [2.75, 3.05) is 6.54 Å². The molecule has 96 valence electrons. The fourth-order valence-corrected chi connectivity index (χ4v) is 1.90. The topological polar surface area (TPSA) is 38.0 Å². The van der Waals surface area contributed by atoms with E-state index in [-0.39, 0.29) is 0 Å². The van der Waals surface area contributed by atoms with E-state index in [1.165, 1.54) is 30.4 Å². The summed E-state index contributed by atoms with van der Waals surface area (Å²) in [6.07, 6.45) is 3.94. The molecule has 0 bridgehead atoms. The average molecular weight is 234 g/mol. The molecular weight excluding hydrogens is 208 g/mol. The van der Waals surface area contributed by atoms with Crippen molar-refractivity contribution in [3.63, 3.8) is 0 Å². The van der Waals surface area contributed by atoms with Gasteiger partial charge < -0.3 is 11.1 Å². The van der Waals surface area contributed by atoms with E-state index in [0.29, 0.717) is 6.54 Å². The minimum absolute atomic E-state index is 0.627. The lowest BCUT2D eigenvalue weighted by molar-refractivity contribution is 0.520. The summed E-state index contributed by atoms with van der Waals surface area (Å²) in [6.45, 7) is 7.26. The Kier molecular flexibility index (Phi) is 6.90. The molecule has 0 atom stereocenters. The van der Waals surface area contributed by atoms with E-state index in [4.69, 9.17) is 5.73 Å². The largest absolute Gasteiger partial charge is 0.326 e. The van der Waals surface area contributed by atoms with Crippen LogP contribution in [-0.2, 0) is 13.1 Å². The summed E-state index contributed by atoms with van der Waals surface area (Å²) in [4.78, 5) is 0. The predicted octanol–water partition coefficient (Wildman–Crippen LogP) is 3.06. The molecule has 0 saturated heterocycles. The lowest BCUT2D eigenvalue weighted by Crippen LogP contribution is -2.15. The smallest absolute Gasteiger partial charge is 0.0205 e. The minimum atomic E-state index is 0.627. The van der Waals surface area contributed by atoms with Gasteiger partial charge in [0, 0.05) is 13.1 Å². The predicted molar refractivity (Wildman–Crippen MR) is 74.7 cm³/mol. The summed E-state index contributed by atoms with van der Waals surface area (Å²) in [5, 5.41) is 3.49. The zero-order valence-corrected chi connectivity index (χ0v) is 11.2. The maximum absolute atomic E-state index is 5.62. The monoisotopic (exact) mass is 234 g/mol. The van der Waals surface area contributed by atoms with Crippen LogP contribution in [-0.4, -0.2) is 6.54 Å². The van der Waals surface area contributed by atoms with Crippen molar-refractivity contribution in [2.24, 2.45) is 11.7 Å². The van der Waals surface area contributed by atoms with Crippen LogP contribution in [0.15, 0.2) is 24.3 Å². The first-order chi connectivity index (χ1) is 8.22. The zero-order chi connectivity index (χ0) is 12.5. The Morgan fingerprint density at radius 3 is 2.65 bits per heavy atom. The number of unbranched alkanes of at least 4 members (excludes halogenated alkanes) is 1. The van der Waals surface area contributed by atoms with Gasteiger partial charge in [-0.15, -0.1) is 0 Å². The van der Waals surface area contributed by atoms with Gasteiger partial charge >= 0.3 is 0 Å². The van der Waals surface area contributed by atoms with Crippen LogP contribution in [0.3, 0.4) is 0 Å². The molecule has 0 heterocycles. The van der Waals surface area contributed by atoms with Gasteiger partial charge in [-0.3, -0.25) is 0 Å². The van der Waals surface area contributed by atoms with Crippen molar-refractivity contribution in [1.29, 1.82) is 0 Å². The molecule has 2 heteroatoms. The molecular formula is C15H26N2. The highest BCUT2D eigenvalue weighted by molar-refractivity contribution is 5.23. The fourth-order valence-electron chi connectivity index (χ4n) is 1.90. The van der Waals surface area contributed by atoms with Crippen LogP contribution in [0.25, 0.3) is 0 Å². The minimum Gasteiger partial charge on any atom is -0.326 e. The molecule has 0 unspecified atom stereocenters. The maximum atomic E-state index is 5.62. The van der Waals surface area contributed by atoms with Crippen LogP contribution in [0.5, 0.6) is 0 Å². The quantitative estimate of drug-likeness (QED) is 0.678. The average Bonchev–Trinajstić information content (AvgIpc) is 2.33. The van der Waals surface area contributed by atoms with Crippen LogP contribution in [0.2, 0.25) is 0 Å². The van der Waals surface area contributed by atoms with Gasteiger partial charge in [-0.25, -0.2) is 0 Å². The van der Waals surface area contributed by atoms with E-state index in [2.05, 4.69) is 43.4 Å². The second-order valence-electron chi connectivity index (χ2n) is 5.09. The molecule has 3 N–H and O–H groups in total. The van der Waals surface area contributed by atoms with Gasteiger partial charge in [-0.2, -0.15) is 0 Å². The second kappa shape index (κ2) is 8.26. The molecule has 0 aliphatic heterocycles. The van der Waals surface area contributed by atoms with Gasteiger partial charge in [0.25, 0.3) is 0 Å². The molecule has 0 aliphatic rings. The number of rotatable bonds is 8. The molecule has 0 aliphatic carbocycles. The Morgan fingerprint density at radius 1 is 1.18 bits per heavy atom. The lowest BCUT2D eigenvalue weighted by Gasteiger charge is -2.07. The third kappa shape index (κ3) is 6.44. The van der Waals surface area contributed by atoms with E-state index in [1.807, 2.05) is 0 Å². The first-order valence-electron chi connectivity index (χ1n) is 6.71. The molecule has 0 fully saturated rings. The van der Waals surface area contributed by atoms with Crippen molar-refractivity contribution in [1.82, 2.24) is 5.32 Å². The second-order valence-corrected chi connectivity index (χ2v) is 5.09. The van der Waals surface area contributed by atoms with Crippen molar-refractivity contribution >= 4 is 0 Å². The molecule has 0 amide bonds. The van der Waals surface area contributed by atoms with Crippen LogP contribution < -0.4 is 11.1 Å². The Morgan fingerprint density at radius 2 is 1.94 bits per heavy atom. The molecule has 0 aromatic heterocycles. The Labute approximate surface area is 106 Å². The first-order valence-corrected chi connectivity index (χ1v) is 6.71. The molecule has 2 nitrogen and oxygen atoms in total. The van der Waals surface area contributed by atoms with Crippen LogP contribution >= 0.6 is 0 Å². The maximum Gasteiger partial charge on any atom is 0.0205 e. The van der Waals surface area contributed by atoms with Crippen LogP contribution in [0, 0.1) is 5.92 Å². The summed E-state index contributed by atoms with van der Waals surface area (Å²) < 4.78 is 0. The van der Waals surface area contributed by atoms with Gasteiger partial charge in [-0.1, -0.05) is 51.0 Å². The standard InChI is InChI=1S/C15H26N2/c1-13(2)6-3-4-9-17-12-15-8-5-7-14(10-15)11-16/h5,7-8,10,13,17H,3-4,6,9,11-12,16H2,1-2H3. The summed E-state index contributed by atoms with van der Waals surface area (Å²) >= 11 is 0. The van der Waals surface area contributed by atoms with E-state index in [0.717, 1.165) is 19.0 Å². The Bertz CT molecular complexity index is 308. The SMILES string of the molecule is CC(C)CCCCNCc1cccc(CN)c1. The summed E-state index contributed by atoms with van der Waals surface area (Å²) in [7, 11) is 0. The molecule has 1 aromatic carbocycles. The fraction of sp³-hybridized carbons (Fsp3) is 0.600. The highest BCUT2D eigenvalue weighted by atomic mass is 14.8. The summed E-state index contributed by atoms with van der Waals surface area (Å²) in [6, 6.07) is 8.49. The van der Waals surface area contributed by atoms with Gasteiger partial charge in [0.15, 0.2) is 0 Å². The third-order valence-electron chi connectivity index (χ3n) is 2.94. The number of hydrogen-bond acceptors (Lipinski definition) is 2. The number of hydrogen-bond donors (Lipinski definition) is 2. The zero-order valence-electron chi connectivity index (χ0n) is 11.2. The molecule has 0 saturated carbocycles. The molecule has 0 spiro atoms. The molecule has 1 rings (SSSR count). The first kappa shape index (κ1) is 14.2. The lowest BCUT2D eigenvalue weighted by atomic mass is 10.1. The molecule has 0 radical (unpaired) electrons. The molecule has 1 aromatic rings. The Hall–Kier alpha value is -0.860. The van der Waals surface area contributed by atoms with Gasteiger partial charge in [0.05, 0.1) is 0 Å². The van der Waals surface area contributed by atoms with E-state index < -0.39 is 0 Å². The van der Waals surface area contributed by atoms with Crippen molar-refractivity contribution in [2.45, 2.75) is 46.2 Å². The summed E-state index contributed by atoms with van der Waals surface area (Å²) in [5.74, 6) is 0.830. The van der Waals surface area contributed by atoms with E-state index in [9.17, 15) is 0 Å². The van der Waals surface area contributed by atoms with Crippen LogP contribution in [0.1, 0.15) is 44.2 Å². The number of nitrogens with one attached hydrogen (secondary N) is 1. The van der Waals surface area contributed by atoms with Crippen molar-refractivity contribution in [3.05, 3.63) is 35.4 Å². The normalized spacial score (nSPS) is 11.1. The van der Waals surface area contributed by atoms with Gasteiger partial charge in [-0.05, 0) is 30.0 Å². The van der Waals surface area contributed by atoms with Crippen LogP contribution in [0.4, 0.5) is 0 Å². The molecule has 17 heavy (non-hydrogen) atoms. The van der Waals surface area contributed by atoms with Crippen molar-refractivity contribution in [3.8, 4) is 0 Å². The number of nitrogens with two attached hydrogens (primary N) is 1. The van der Waals surface area contributed by atoms with Crippen molar-refractivity contribution < 1.29 is 0 Å². The third-order valence-corrected chi connectivity index (χ3v) is 2.94. The van der Waals surface area contributed by atoms with E-state index in [1.54, 1.807) is 0 Å². The highest BCUT2D eigenvalue weighted by Crippen LogP contribution is 2.06. The number of benzene rings is 1. The Balaban J connectivity index is 2.13. The summed E-state index contributed by atoms with van der Waals surface area (Å²) in [5.41, 5.74) is 8.16.